The van der Waals surface area contributed by atoms with Crippen LogP contribution in [0, 0.1) is 11.2 Å². The maximum absolute atomic E-state index is 15.7. The molecule has 2 aliphatic heterocycles. The van der Waals surface area contributed by atoms with E-state index in [1.807, 2.05) is 17.0 Å². The molecule has 1 spiro atoms. The predicted molar refractivity (Wildman–Crippen MR) is 148 cm³/mol. The zero-order valence-electron chi connectivity index (χ0n) is 20.6. The largest absolute Gasteiger partial charge is 0.352 e. The lowest BCUT2D eigenvalue weighted by molar-refractivity contribution is 0.0664. The Morgan fingerprint density at radius 2 is 1.46 bits per heavy atom. The lowest BCUT2D eigenvalue weighted by Gasteiger charge is -2.37. The summed E-state index contributed by atoms with van der Waals surface area (Å²) < 4.78 is 15.7. The first kappa shape index (κ1) is 23.7. The molecule has 6 heteroatoms. The summed E-state index contributed by atoms with van der Waals surface area (Å²) in [4.78, 5) is 45.3. The van der Waals surface area contributed by atoms with Crippen LogP contribution in [0.25, 0.3) is 6.08 Å². The first-order valence-corrected chi connectivity index (χ1v) is 13.1. The zero-order chi connectivity index (χ0) is 26.9. The minimum absolute atomic E-state index is 0.166. The van der Waals surface area contributed by atoms with Gasteiger partial charge in [0, 0.05) is 33.3 Å². The molecule has 4 aromatic rings. The van der Waals surface area contributed by atoms with Gasteiger partial charge in [-0.15, -0.1) is 0 Å². The number of carbonyl (C=O) groups excluding carboxylic acids is 3. The van der Waals surface area contributed by atoms with Crippen LogP contribution in [0.2, 0.25) is 5.02 Å². The van der Waals surface area contributed by atoms with E-state index < -0.39 is 40.8 Å². The summed E-state index contributed by atoms with van der Waals surface area (Å²) in [6, 6.07) is 25.0. The third-order valence-electron chi connectivity index (χ3n) is 8.33. The number of fused-ring (bicyclic) bond motifs is 5. The summed E-state index contributed by atoms with van der Waals surface area (Å²) >= 11 is 6.31. The molecule has 0 unspecified atom stereocenters. The Morgan fingerprint density at radius 3 is 2.15 bits per heavy atom. The van der Waals surface area contributed by atoms with Crippen LogP contribution in [-0.2, 0) is 0 Å². The van der Waals surface area contributed by atoms with Crippen molar-refractivity contribution in [3.8, 4) is 0 Å². The van der Waals surface area contributed by atoms with Gasteiger partial charge in [0.2, 0.25) is 0 Å². The standard InChI is InChI=1S/C33H21ClFNO3/c34-21-15-16-26-20(18-21)14-17-27-33(31(38)22-10-4-5-11-23(22)32(33)39)28(24-12-6-7-13-25(24)35)29(36(26)27)30(37)19-8-2-1-3-9-19/h1-18,27-29H/t27-,28-,29+/m1/s1. The summed E-state index contributed by atoms with van der Waals surface area (Å²) in [6.45, 7) is 0. The normalized spacial score (nSPS) is 22.1. The van der Waals surface area contributed by atoms with E-state index in [0.29, 0.717) is 27.4 Å². The molecule has 3 atom stereocenters. The molecule has 0 amide bonds. The summed E-state index contributed by atoms with van der Waals surface area (Å²) in [7, 11) is 0. The number of ketones is 3. The molecule has 3 aliphatic rings. The van der Waals surface area contributed by atoms with Crippen molar-refractivity contribution in [1.29, 1.82) is 0 Å². The van der Waals surface area contributed by atoms with Crippen molar-refractivity contribution in [2.75, 3.05) is 4.90 Å². The molecule has 2 heterocycles. The highest BCUT2D eigenvalue weighted by Crippen LogP contribution is 2.61. The summed E-state index contributed by atoms with van der Waals surface area (Å²) in [5.41, 5.74) is 0.855. The minimum atomic E-state index is -1.74. The molecule has 1 fully saturated rings. The number of nitrogens with zero attached hydrogens (tertiary/aromatic N) is 1. The molecule has 7 rings (SSSR count). The quantitative estimate of drug-likeness (QED) is 0.215. The number of hydrogen-bond donors (Lipinski definition) is 0. The van der Waals surface area contributed by atoms with Gasteiger partial charge in [0.15, 0.2) is 17.3 Å². The molecular formula is C33H21ClFNO3. The first-order valence-electron chi connectivity index (χ1n) is 12.7. The summed E-state index contributed by atoms with van der Waals surface area (Å²) in [5.74, 6) is -2.73. The van der Waals surface area contributed by atoms with E-state index in [9.17, 15) is 14.4 Å². The second kappa shape index (κ2) is 8.58. The van der Waals surface area contributed by atoms with E-state index in [2.05, 4.69) is 0 Å². The molecule has 0 saturated carbocycles. The Labute approximate surface area is 229 Å². The lowest BCUT2D eigenvalue weighted by atomic mass is 9.64. The van der Waals surface area contributed by atoms with Crippen LogP contribution in [0.5, 0.6) is 0 Å². The summed E-state index contributed by atoms with van der Waals surface area (Å²) in [5, 5.41) is 0.516. The first-order chi connectivity index (χ1) is 18.9. The number of Topliss-reactive ketones (excluding diaryl/α,β-unsaturated/α-hetero) is 3. The van der Waals surface area contributed by atoms with Crippen molar-refractivity contribution in [2.45, 2.75) is 18.0 Å². The summed E-state index contributed by atoms with van der Waals surface area (Å²) in [6.07, 6.45) is 3.63. The Bertz CT molecular complexity index is 1700. The SMILES string of the molecule is O=C(c1ccccc1)[C@@H]1[C@@H](c2ccccc2F)C2(C(=O)c3ccccc3C2=O)[C@H]2C=Cc3cc(Cl)ccc3N12. The molecule has 4 nitrogen and oxygen atoms in total. The topological polar surface area (TPSA) is 54.5 Å². The van der Waals surface area contributed by atoms with E-state index in [-0.39, 0.29) is 11.3 Å². The van der Waals surface area contributed by atoms with Crippen molar-refractivity contribution in [3.05, 3.63) is 142 Å². The second-order valence-corrected chi connectivity index (χ2v) is 10.6. The fraction of sp³-hybridized carbons (Fsp3) is 0.121. The number of benzene rings is 4. The van der Waals surface area contributed by atoms with Gasteiger partial charge in [-0.3, -0.25) is 14.4 Å². The molecule has 1 aliphatic carbocycles. The van der Waals surface area contributed by atoms with Gasteiger partial charge < -0.3 is 4.90 Å². The van der Waals surface area contributed by atoms with Crippen LogP contribution < -0.4 is 4.90 Å². The van der Waals surface area contributed by atoms with E-state index in [1.165, 1.54) is 6.07 Å². The molecule has 0 aromatic heterocycles. The molecule has 0 radical (unpaired) electrons. The monoisotopic (exact) mass is 533 g/mol. The zero-order valence-corrected chi connectivity index (χ0v) is 21.3. The molecule has 4 aromatic carbocycles. The average molecular weight is 534 g/mol. The predicted octanol–water partition coefficient (Wildman–Crippen LogP) is 6.80. The molecule has 190 valence electrons. The molecular weight excluding hydrogens is 513 g/mol. The van der Waals surface area contributed by atoms with Gasteiger partial charge in [0.25, 0.3) is 0 Å². The molecule has 0 N–H and O–H groups in total. The second-order valence-electron chi connectivity index (χ2n) is 10.2. The van der Waals surface area contributed by atoms with Crippen LogP contribution in [0.1, 0.15) is 48.1 Å². The Kier molecular flexibility index (Phi) is 5.23. The van der Waals surface area contributed by atoms with Crippen molar-refractivity contribution < 1.29 is 18.8 Å². The van der Waals surface area contributed by atoms with Crippen LogP contribution in [-0.4, -0.2) is 29.4 Å². The van der Waals surface area contributed by atoms with Gasteiger partial charge in [0.1, 0.15) is 17.3 Å². The van der Waals surface area contributed by atoms with Crippen molar-refractivity contribution in [1.82, 2.24) is 0 Å². The highest BCUT2D eigenvalue weighted by Gasteiger charge is 2.71. The highest BCUT2D eigenvalue weighted by atomic mass is 35.5. The molecule has 0 bridgehead atoms. The van der Waals surface area contributed by atoms with Gasteiger partial charge in [-0.2, -0.15) is 0 Å². The van der Waals surface area contributed by atoms with Crippen LogP contribution in [0.4, 0.5) is 10.1 Å². The Morgan fingerprint density at radius 1 is 0.821 bits per heavy atom. The fourth-order valence-corrected chi connectivity index (χ4v) is 6.97. The van der Waals surface area contributed by atoms with Crippen molar-refractivity contribution >= 4 is 40.7 Å². The van der Waals surface area contributed by atoms with Crippen LogP contribution in [0.15, 0.2) is 103 Å². The third kappa shape index (κ3) is 3.14. The number of hydrogen-bond acceptors (Lipinski definition) is 4. The highest BCUT2D eigenvalue weighted by molar-refractivity contribution is 6.32. The van der Waals surface area contributed by atoms with Gasteiger partial charge in [0.05, 0.1) is 6.04 Å². The Hall–Kier alpha value is -4.35. The smallest absolute Gasteiger partial charge is 0.185 e. The van der Waals surface area contributed by atoms with Gasteiger partial charge in [-0.25, -0.2) is 4.39 Å². The van der Waals surface area contributed by atoms with Gasteiger partial charge in [-0.1, -0.05) is 96.5 Å². The van der Waals surface area contributed by atoms with E-state index in [4.69, 9.17) is 11.6 Å². The van der Waals surface area contributed by atoms with E-state index in [1.54, 1.807) is 91.0 Å². The molecule has 39 heavy (non-hydrogen) atoms. The fourth-order valence-electron chi connectivity index (χ4n) is 6.79. The number of halogens is 2. The average Bonchev–Trinajstić information content (AvgIpc) is 3.39. The molecule has 1 saturated heterocycles. The van der Waals surface area contributed by atoms with Gasteiger partial charge in [-0.05, 0) is 35.4 Å². The van der Waals surface area contributed by atoms with Crippen molar-refractivity contribution in [2.24, 2.45) is 5.41 Å². The minimum Gasteiger partial charge on any atom is -0.352 e. The van der Waals surface area contributed by atoms with Crippen LogP contribution >= 0.6 is 11.6 Å². The van der Waals surface area contributed by atoms with Gasteiger partial charge >= 0.3 is 0 Å². The van der Waals surface area contributed by atoms with E-state index >= 15 is 4.39 Å². The van der Waals surface area contributed by atoms with Crippen LogP contribution in [0.3, 0.4) is 0 Å². The maximum atomic E-state index is 15.7. The maximum Gasteiger partial charge on any atom is 0.185 e. The lowest BCUT2D eigenvalue weighted by Crippen LogP contribution is -2.48. The Balaban J connectivity index is 1.57. The number of anilines is 1. The third-order valence-corrected chi connectivity index (χ3v) is 8.57. The number of rotatable bonds is 3. The van der Waals surface area contributed by atoms with Crippen molar-refractivity contribution in [3.63, 3.8) is 0 Å². The van der Waals surface area contributed by atoms with E-state index in [0.717, 1.165) is 5.56 Å². The number of carbonyl (C=O) groups is 3.